The normalized spacial score (nSPS) is 20.2. The number of methoxy groups -OCH3 is 1. The number of hydrogen-bond donors (Lipinski definition) is 1. The molecule has 0 aromatic heterocycles. The van der Waals surface area contributed by atoms with E-state index in [9.17, 15) is 4.39 Å². The van der Waals surface area contributed by atoms with Crippen LogP contribution in [0.4, 0.5) is 10.1 Å². The van der Waals surface area contributed by atoms with E-state index in [1.165, 1.54) is 13.2 Å². The van der Waals surface area contributed by atoms with Gasteiger partial charge in [-0.1, -0.05) is 0 Å². The average molecular weight is 225 g/mol. The first kappa shape index (κ1) is 11.2. The van der Waals surface area contributed by atoms with Gasteiger partial charge in [-0.3, -0.25) is 0 Å². The van der Waals surface area contributed by atoms with E-state index >= 15 is 0 Å². The molecule has 3 nitrogen and oxygen atoms in total. The lowest BCUT2D eigenvalue weighted by atomic mass is 10.1. The van der Waals surface area contributed by atoms with Crippen LogP contribution in [0, 0.1) is 11.7 Å². The summed E-state index contributed by atoms with van der Waals surface area (Å²) in [5.41, 5.74) is 0.953. The third-order valence-corrected chi connectivity index (χ3v) is 3.04. The molecule has 4 heteroatoms. The Morgan fingerprint density at radius 1 is 1.56 bits per heavy atom. The summed E-state index contributed by atoms with van der Waals surface area (Å²) in [4.78, 5) is 2.14. The van der Waals surface area contributed by atoms with E-state index in [1.54, 1.807) is 12.1 Å². The van der Waals surface area contributed by atoms with Crippen molar-refractivity contribution in [2.75, 3.05) is 31.7 Å². The number of aliphatic hydroxyl groups excluding tert-OH is 1. The van der Waals surface area contributed by atoms with Crippen molar-refractivity contribution in [2.24, 2.45) is 5.92 Å². The highest BCUT2D eigenvalue weighted by Crippen LogP contribution is 2.28. The van der Waals surface area contributed by atoms with Crippen molar-refractivity contribution >= 4 is 5.69 Å². The van der Waals surface area contributed by atoms with Gasteiger partial charge in [0.05, 0.1) is 7.11 Å². The van der Waals surface area contributed by atoms with Crippen LogP contribution < -0.4 is 9.64 Å². The molecule has 88 valence electrons. The number of benzene rings is 1. The van der Waals surface area contributed by atoms with Crippen molar-refractivity contribution in [3.63, 3.8) is 0 Å². The Morgan fingerprint density at radius 2 is 2.38 bits per heavy atom. The lowest BCUT2D eigenvalue weighted by molar-refractivity contribution is 0.238. The molecular formula is C12H16FNO2. The van der Waals surface area contributed by atoms with Crippen LogP contribution in [0.15, 0.2) is 18.2 Å². The lowest BCUT2D eigenvalue weighted by Gasteiger charge is -2.19. The summed E-state index contributed by atoms with van der Waals surface area (Å²) in [5.74, 6) is 0.255. The smallest absolute Gasteiger partial charge is 0.165 e. The van der Waals surface area contributed by atoms with Crippen LogP contribution in [0.25, 0.3) is 0 Å². The lowest BCUT2D eigenvalue weighted by Crippen LogP contribution is -2.20. The molecule has 0 radical (unpaired) electrons. The standard InChI is InChI=1S/C12H16FNO2/c1-16-12-6-10(2-3-11(12)13)14-5-4-9(7-14)8-15/h2-3,6,9,15H,4-5,7-8H2,1H3. The number of hydrogen-bond acceptors (Lipinski definition) is 3. The first-order valence-electron chi connectivity index (χ1n) is 5.44. The van der Waals surface area contributed by atoms with Crippen LogP contribution in [0.3, 0.4) is 0 Å². The molecule has 0 amide bonds. The fourth-order valence-corrected chi connectivity index (χ4v) is 2.06. The van der Waals surface area contributed by atoms with Crippen molar-refractivity contribution in [2.45, 2.75) is 6.42 Å². The first-order valence-corrected chi connectivity index (χ1v) is 5.44. The third kappa shape index (κ3) is 2.11. The maximum atomic E-state index is 13.2. The molecule has 2 rings (SSSR count). The Morgan fingerprint density at radius 3 is 3.00 bits per heavy atom. The molecule has 1 atom stereocenters. The van der Waals surface area contributed by atoms with Gasteiger partial charge < -0.3 is 14.7 Å². The minimum atomic E-state index is -0.343. The fraction of sp³-hybridized carbons (Fsp3) is 0.500. The predicted molar refractivity (Wildman–Crippen MR) is 60.4 cm³/mol. The zero-order valence-electron chi connectivity index (χ0n) is 9.32. The van der Waals surface area contributed by atoms with E-state index in [0.29, 0.717) is 5.92 Å². The molecule has 1 aliphatic rings. The first-order chi connectivity index (χ1) is 7.74. The summed E-state index contributed by atoms with van der Waals surface area (Å²) in [6.07, 6.45) is 0.982. The summed E-state index contributed by atoms with van der Waals surface area (Å²) < 4.78 is 18.2. The summed E-state index contributed by atoms with van der Waals surface area (Å²) in [6, 6.07) is 4.87. The second kappa shape index (κ2) is 4.70. The van der Waals surface area contributed by atoms with Crippen molar-refractivity contribution in [1.29, 1.82) is 0 Å². The minimum Gasteiger partial charge on any atom is -0.494 e. The molecule has 0 spiro atoms. The number of ether oxygens (including phenoxy) is 1. The van der Waals surface area contributed by atoms with Crippen molar-refractivity contribution in [3.05, 3.63) is 24.0 Å². The number of nitrogens with zero attached hydrogens (tertiary/aromatic N) is 1. The van der Waals surface area contributed by atoms with Gasteiger partial charge in [0.2, 0.25) is 0 Å². The van der Waals surface area contributed by atoms with E-state index < -0.39 is 0 Å². The van der Waals surface area contributed by atoms with Gasteiger partial charge in [0.25, 0.3) is 0 Å². The summed E-state index contributed by atoms with van der Waals surface area (Å²) in [6.45, 7) is 1.94. The Kier molecular flexibility index (Phi) is 3.29. The molecule has 16 heavy (non-hydrogen) atoms. The quantitative estimate of drug-likeness (QED) is 0.849. The summed E-state index contributed by atoms with van der Waals surface area (Å²) in [7, 11) is 1.46. The van der Waals surface area contributed by atoms with Crippen molar-refractivity contribution in [3.8, 4) is 5.75 Å². The number of halogens is 1. The molecule has 1 aromatic rings. The van der Waals surface area contributed by atoms with Gasteiger partial charge in [-0.25, -0.2) is 4.39 Å². The van der Waals surface area contributed by atoms with Gasteiger partial charge in [-0.15, -0.1) is 0 Å². The molecule has 0 bridgehead atoms. The second-order valence-electron chi connectivity index (χ2n) is 4.10. The van der Waals surface area contributed by atoms with E-state index in [-0.39, 0.29) is 18.2 Å². The molecular weight excluding hydrogens is 209 g/mol. The summed E-state index contributed by atoms with van der Waals surface area (Å²) >= 11 is 0. The number of anilines is 1. The largest absolute Gasteiger partial charge is 0.494 e. The molecule has 0 aliphatic carbocycles. The van der Waals surface area contributed by atoms with E-state index in [2.05, 4.69) is 4.90 Å². The Hall–Kier alpha value is -1.29. The maximum absolute atomic E-state index is 13.2. The molecule has 1 unspecified atom stereocenters. The zero-order chi connectivity index (χ0) is 11.5. The molecule has 1 heterocycles. The highest BCUT2D eigenvalue weighted by molar-refractivity contribution is 5.52. The molecule has 1 N–H and O–H groups in total. The topological polar surface area (TPSA) is 32.7 Å². The van der Waals surface area contributed by atoms with Gasteiger partial charge in [-0.05, 0) is 18.6 Å². The van der Waals surface area contributed by atoms with Crippen LogP contribution >= 0.6 is 0 Å². The van der Waals surface area contributed by atoms with Gasteiger partial charge in [0.1, 0.15) is 0 Å². The highest BCUT2D eigenvalue weighted by atomic mass is 19.1. The van der Waals surface area contributed by atoms with E-state index in [4.69, 9.17) is 9.84 Å². The van der Waals surface area contributed by atoms with Crippen LogP contribution in [0.1, 0.15) is 6.42 Å². The van der Waals surface area contributed by atoms with Crippen molar-refractivity contribution in [1.82, 2.24) is 0 Å². The van der Waals surface area contributed by atoms with E-state index in [0.717, 1.165) is 25.2 Å². The number of aliphatic hydroxyl groups is 1. The summed E-state index contributed by atoms with van der Waals surface area (Å²) in [5, 5.41) is 9.06. The third-order valence-electron chi connectivity index (χ3n) is 3.04. The van der Waals surface area contributed by atoms with Gasteiger partial charge >= 0.3 is 0 Å². The number of rotatable bonds is 3. The average Bonchev–Trinajstić information content (AvgIpc) is 2.78. The zero-order valence-corrected chi connectivity index (χ0v) is 9.32. The fourth-order valence-electron chi connectivity index (χ4n) is 2.06. The highest BCUT2D eigenvalue weighted by Gasteiger charge is 2.22. The molecule has 1 aliphatic heterocycles. The molecule has 0 saturated carbocycles. The SMILES string of the molecule is COc1cc(N2CCC(CO)C2)ccc1F. The predicted octanol–water partition coefficient (Wildman–Crippen LogP) is 1.65. The maximum Gasteiger partial charge on any atom is 0.165 e. The monoisotopic (exact) mass is 225 g/mol. The van der Waals surface area contributed by atoms with E-state index in [1.807, 2.05) is 0 Å². The Bertz CT molecular complexity index is 370. The van der Waals surface area contributed by atoms with Gasteiger partial charge in [-0.2, -0.15) is 0 Å². The van der Waals surface area contributed by atoms with Gasteiger partial charge in [0, 0.05) is 37.4 Å². The molecule has 1 aromatic carbocycles. The van der Waals surface area contributed by atoms with Crippen LogP contribution in [0.2, 0.25) is 0 Å². The van der Waals surface area contributed by atoms with Crippen LogP contribution in [-0.2, 0) is 0 Å². The van der Waals surface area contributed by atoms with Gasteiger partial charge in [0.15, 0.2) is 11.6 Å². The Balaban J connectivity index is 2.15. The molecule has 1 saturated heterocycles. The Labute approximate surface area is 94.4 Å². The van der Waals surface area contributed by atoms with Crippen LogP contribution in [0.5, 0.6) is 5.75 Å². The van der Waals surface area contributed by atoms with Crippen LogP contribution in [-0.4, -0.2) is 31.9 Å². The second-order valence-corrected chi connectivity index (χ2v) is 4.10. The van der Waals surface area contributed by atoms with Crippen molar-refractivity contribution < 1.29 is 14.2 Å². The minimum absolute atomic E-state index is 0.217. The molecule has 1 fully saturated rings.